The third-order valence-electron chi connectivity index (χ3n) is 2.09. The van der Waals surface area contributed by atoms with Gasteiger partial charge in [-0.05, 0) is 5.56 Å². The van der Waals surface area contributed by atoms with E-state index >= 15 is 0 Å². The predicted octanol–water partition coefficient (Wildman–Crippen LogP) is 0.397. The van der Waals surface area contributed by atoms with Crippen LogP contribution < -0.4 is 10.6 Å². The molecule has 17 heavy (non-hydrogen) atoms. The van der Waals surface area contributed by atoms with Gasteiger partial charge in [0.1, 0.15) is 6.61 Å². The Kier molecular flexibility index (Phi) is 3.34. The molecule has 1 aromatic carbocycles. The molecule has 0 saturated carbocycles. The van der Waals surface area contributed by atoms with E-state index in [1.165, 1.54) is 0 Å². The summed E-state index contributed by atoms with van der Waals surface area (Å²) < 4.78 is 4.95. The van der Waals surface area contributed by atoms with E-state index < -0.39 is 12.4 Å². The quantitative estimate of drug-likeness (QED) is 0.792. The van der Waals surface area contributed by atoms with Crippen molar-refractivity contribution in [2.75, 3.05) is 0 Å². The molecule has 2 amide bonds. The molecular formula is C11H11N3O3. The summed E-state index contributed by atoms with van der Waals surface area (Å²) in [6, 6.07) is 9.30. The summed E-state index contributed by atoms with van der Waals surface area (Å²) in [5.74, 6) is -0.335. The van der Waals surface area contributed by atoms with E-state index in [4.69, 9.17) is 4.74 Å². The van der Waals surface area contributed by atoms with Crippen LogP contribution in [-0.2, 0) is 16.1 Å². The van der Waals surface area contributed by atoms with Crippen LogP contribution in [0.15, 0.2) is 35.3 Å². The van der Waals surface area contributed by atoms with E-state index in [2.05, 4.69) is 15.6 Å². The molecule has 1 heterocycles. The molecule has 1 aliphatic rings. The van der Waals surface area contributed by atoms with Gasteiger partial charge in [-0.1, -0.05) is 30.3 Å². The van der Waals surface area contributed by atoms with E-state index in [0.717, 1.165) is 11.8 Å². The fourth-order valence-corrected chi connectivity index (χ4v) is 1.30. The first-order valence-corrected chi connectivity index (χ1v) is 5.05. The van der Waals surface area contributed by atoms with Crippen LogP contribution in [0, 0.1) is 0 Å². The summed E-state index contributed by atoms with van der Waals surface area (Å²) in [5.41, 5.74) is 0.890. The molecule has 1 aromatic rings. The minimum atomic E-state index is -0.731. The number of carbonyl (C=O) groups is 2. The van der Waals surface area contributed by atoms with Crippen LogP contribution in [0.5, 0.6) is 0 Å². The number of alkyl carbamates (subject to hydrolysis) is 1. The Bertz CT molecular complexity index is 445. The molecule has 6 heteroatoms. The van der Waals surface area contributed by atoms with Gasteiger partial charge in [0.05, 0.1) is 6.21 Å². The summed E-state index contributed by atoms with van der Waals surface area (Å²) in [4.78, 5) is 25.8. The molecule has 2 rings (SSSR count). The first-order chi connectivity index (χ1) is 8.24. The second-order valence-electron chi connectivity index (χ2n) is 3.40. The van der Waals surface area contributed by atoms with Crippen LogP contribution in [0.4, 0.5) is 4.79 Å². The van der Waals surface area contributed by atoms with Gasteiger partial charge in [-0.25, -0.2) is 9.79 Å². The van der Waals surface area contributed by atoms with Gasteiger partial charge >= 0.3 is 6.09 Å². The number of hydrogen-bond acceptors (Lipinski definition) is 4. The van der Waals surface area contributed by atoms with Crippen LogP contribution in [-0.4, -0.2) is 24.5 Å². The third-order valence-corrected chi connectivity index (χ3v) is 2.09. The molecule has 0 bridgehead atoms. The fourth-order valence-electron chi connectivity index (χ4n) is 1.30. The molecule has 0 spiro atoms. The van der Waals surface area contributed by atoms with E-state index in [-0.39, 0.29) is 12.5 Å². The molecule has 1 unspecified atom stereocenters. The molecule has 0 aromatic heterocycles. The number of carbonyl (C=O) groups excluding carboxylic acids is 2. The number of benzene rings is 1. The minimum absolute atomic E-state index is 0.178. The first kappa shape index (κ1) is 11.1. The number of nitrogens with zero attached hydrogens (tertiary/aromatic N) is 1. The summed E-state index contributed by atoms with van der Waals surface area (Å²) in [6.45, 7) is 0.178. The monoisotopic (exact) mass is 233 g/mol. The topological polar surface area (TPSA) is 79.8 Å². The zero-order valence-corrected chi connectivity index (χ0v) is 8.92. The maximum atomic E-state index is 11.3. The van der Waals surface area contributed by atoms with Gasteiger partial charge in [0, 0.05) is 0 Å². The first-order valence-electron chi connectivity index (χ1n) is 5.05. The van der Waals surface area contributed by atoms with Crippen molar-refractivity contribution in [3.8, 4) is 0 Å². The average Bonchev–Trinajstić information content (AvgIpc) is 2.73. The van der Waals surface area contributed by atoms with Gasteiger partial charge < -0.3 is 10.1 Å². The molecule has 0 saturated heterocycles. The van der Waals surface area contributed by atoms with Crippen molar-refractivity contribution in [2.24, 2.45) is 4.99 Å². The summed E-state index contributed by atoms with van der Waals surface area (Å²) >= 11 is 0. The Morgan fingerprint density at radius 2 is 2.18 bits per heavy atom. The fraction of sp³-hybridized carbons (Fsp3) is 0.182. The van der Waals surface area contributed by atoms with Crippen molar-refractivity contribution < 1.29 is 14.3 Å². The van der Waals surface area contributed by atoms with Gasteiger partial charge in [-0.3, -0.25) is 10.1 Å². The Hall–Kier alpha value is -2.37. The molecule has 2 N–H and O–H groups in total. The zero-order valence-electron chi connectivity index (χ0n) is 8.92. The SMILES string of the molecule is O=C1C=NC(NC(=O)OCc2ccccc2)N1. The number of amides is 2. The van der Waals surface area contributed by atoms with Gasteiger partial charge in [-0.2, -0.15) is 0 Å². The van der Waals surface area contributed by atoms with Crippen LogP contribution in [0.2, 0.25) is 0 Å². The number of ether oxygens (including phenoxy) is 1. The van der Waals surface area contributed by atoms with E-state index in [1.54, 1.807) is 0 Å². The molecule has 1 aliphatic heterocycles. The number of rotatable bonds is 3. The van der Waals surface area contributed by atoms with E-state index in [1.807, 2.05) is 30.3 Å². The number of hydrogen-bond donors (Lipinski definition) is 2. The van der Waals surface area contributed by atoms with Crippen molar-refractivity contribution >= 4 is 18.2 Å². The van der Waals surface area contributed by atoms with Crippen molar-refractivity contribution in [1.82, 2.24) is 10.6 Å². The van der Waals surface area contributed by atoms with Crippen LogP contribution in [0.1, 0.15) is 5.56 Å². The zero-order chi connectivity index (χ0) is 12.1. The second kappa shape index (κ2) is 5.11. The van der Waals surface area contributed by atoms with Crippen molar-refractivity contribution in [1.29, 1.82) is 0 Å². The molecule has 0 fully saturated rings. The Morgan fingerprint density at radius 3 is 2.82 bits per heavy atom. The highest BCUT2D eigenvalue weighted by Gasteiger charge is 2.17. The minimum Gasteiger partial charge on any atom is -0.445 e. The Morgan fingerprint density at radius 1 is 1.41 bits per heavy atom. The van der Waals surface area contributed by atoms with Crippen molar-refractivity contribution in [2.45, 2.75) is 12.9 Å². The third kappa shape index (κ3) is 3.30. The number of nitrogens with one attached hydrogen (secondary N) is 2. The van der Waals surface area contributed by atoms with Gasteiger partial charge in [0.25, 0.3) is 5.91 Å². The normalized spacial score (nSPS) is 17.6. The summed E-state index contributed by atoms with van der Waals surface area (Å²) in [6.07, 6.45) is -0.244. The van der Waals surface area contributed by atoms with Crippen LogP contribution in [0.25, 0.3) is 0 Å². The van der Waals surface area contributed by atoms with Crippen molar-refractivity contribution in [3.63, 3.8) is 0 Å². The Labute approximate surface area is 97.7 Å². The molecule has 6 nitrogen and oxygen atoms in total. The highest BCUT2D eigenvalue weighted by molar-refractivity contribution is 6.27. The predicted molar refractivity (Wildman–Crippen MR) is 60.2 cm³/mol. The molecule has 1 atom stereocenters. The highest BCUT2D eigenvalue weighted by atomic mass is 16.5. The standard InChI is InChI=1S/C11H11N3O3/c15-9-6-12-10(13-9)14-11(16)17-7-8-4-2-1-3-5-8/h1-6,10H,7H2,(H,13,15)(H,14,16). The van der Waals surface area contributed by atoms with E-state index in [0.29, 0.717) is 0 Å². The lowest BCUT2D eigenvalue weighted by atomic mass is 10.2. The molecule has 0 radical (unpaired) electrons. The molecule has 0 aliphatic carbocycles. The van der Waals surface area contributed by atoms with Gasteiger partial charge in [0.15, 0.2) is 0 Å². The van der Waals surface area contributed by atoms with Gasteiger partial charge in [0.2, 0.25) is 6.29 Å². The van der Waals surface area contributed by atoms with Crippen molar-refractivity contribution in [3.05, 3.63) is 35.9 Å². The van der Waals surface area contributed by atoms with Gasteiger partial charge in [-0.15, -0.1) is 0 Å². The smallest absolute Gasteiger partial charge is 0.410 e. The lowest BCUT2D eigenvalue weighted by molar-refractivity contribution is -0.114. The number of aliphatic imine (C=N–C) groups is 1. The Balaban J connectivity index is 1.75. The van der Waals surface area contributed by atoms with E-state index in [9.17, 15) is 9.59 Å². The second-order valence-corrected chi connectivity index (χ2v) is 3.40. The lowest BCUT2D eigenvalue weighted by Crippen LogP contribution is -2.43. The summed E-state index contributed by atoms with van der Waals surface area (Å²) in [5, 5.41) is 4.80. The molecular weight excluding hydrogens is 222 g/mol. The summed E-state index contributed by atoms with van der Waals surface area (Å²) in [7, 11) is 0. The maximum absolute atomic E-state index is 11.3. The van der Waals surface area contributed by atoms with Crippen LogP contribution in [0.3, 0.4) is 0 Å². The molecule has 88 valence electrons. The largest absolute Gasteiger partial charge is 0.445 e. The highest BCUT2D eigenvalue weighted by Crippen LogP contribution is 2.00. The average molecular weight is 233 g/mol. The lowest BCUT2D eigenvalue weighted by Gasteiger charge is -2.10. The van der Waals surface area contributed by atoms with Crippen LogP contribution >= 0.6 is 0 Å². The maximum Gasteiger partial charge on any atom is 0.410 e.